The van der Waals surface area contributed by atoms with Crippen molar-refractivity contribution in [2.75, 3.05) is 7.11 Å². The molecule has 1 aromatic rings. The van der Waals surface area contributed by atoms with Gasteiger partial charge in [0, 0.05) is 24.6 Å². The number of benzene rings is 1. The first kappa shape index (κ1) is 19.7. The highest BCUT2D eigenvalue weighted by Crippen LogP contribution is 2.28. The maximum Gasteiger partial charge on any atom is 0.224 e. The average Bonchev–Trinajstić information content (AvgIpc) is 2.61. The highest BCUT2D eigenvalue weighted by Gasteiger charge is 2.36. The molecule has 0 unspecified atom stereocenters. The Labute approximate surface area is 157 Å². The Hall–Kier alpha value is -2.02. The van der Waals surface area contributed by atoms with Crippen molar-refractivity contribution in [2.45, 2.75) is 63.1 Å². The third-order valence-corrected chi connectivity index (χ3v) is 5.64. The van der Waals surface area contributed by atoms with Crippen LogP contribution in [-0.2, 0) is 20.7 Å². The van der Waals surface area contributed by atoms with Crippen LogP contribution in [0.2, 0.25) is 0 Å². The summed E-state index contributed by atoms with van der Waals surface area (Å²) in [5.41, 5.74) is 0.0107. The molecule has 2 amide bonds. The van der Waals surface area contributed by atoms with Gasteiger partial charge in [0.15, 0.2) is 11.6 Å². The number of carbonyl (C=O) groups excluding carboxylic acids is 2. The molecule has 27 heavy (non-hydrogen) atoms. The van der Waals surface area contributed by atoms with E-state index in [9.17, 15) is 18.4 Å². The fourth-order valence-corrected chi connectivity index (χ4v) is 3.80. The highest BCUT2D eigenvalue weighted by atomic mass is 19.2. The monoisotopic (exact) mass is 380 g/mol. The molecule has 1 aromatic carbocycles. The Kier molecular flexibility index (Phi) is 6.42. The molecule has 3 atom stereocenters. The molecular formula is C20H26F2N2O3. The summed E-state index contributed by atoms with van der Waals surface area (Å²) in [5, 5.41) is 5.91. The molecule has 0 aliphatic heterocycles. The lowest BCUT2D eigenvalue weighted by atomic mass is 9.82. The number of hydrogen-bond donors (Lipinski definition) is 2. The van der Waals surface area contributed by atoms with E-state index in [-0.39, 0.29) is 42.0 Å². The minimum atomic E-state index is -1.00. The van der Waals surface area contributed by atoms with E-state index in [0.29, 0.717) is 19.3 Å². The summed E-state index contributed by atoms with van der Waals surface area (Å²) < 4.78 is 32.5. The van der Waals surface area contributed by atoms with Crippen molar-refractivity contribution in [3.05, 3.63) is 35.4 Å². The second kappa shape index (κ2) is 8.78. The van der Waals surface area contributed by atoms with Crippen molar-refractivity contribution in [3.63, 3.8) is 0 Å². The minimum Gasteiger partial charge on any atom is -0.379 e. The molecule has 2 fully saturated rings. The van der Waals surface area contributed by atoms with E-state index in [2.05, 4.69) is 10.6 Å². The van der Waals surface area contributed by atoms with Gasteiger partial charge in [-0.2, -0.15) is 0 Å². The molecule has 7 heteroatoms. The van der Waals surface area contributed by atoms with E-state index in [1.807, 2.05) is 0 Å². The van der Waals surface area contributed by atoms with Crippen LogP contribution in [0.25, 0.3) is 0 Å². The van der Waals surface area contributed by atoms with Crippen molar-refractivity contribution >= 4 is 11.8 Å². The van der Waals surface area contributed by atoms with Crippen molar-refractivity contribution in [3.8, 4) is 0 Å². The van der Waals surface area contributed by atoms with Gasteiger partial charge in [0.1, 0.15) is 0 Å². The number of carbonyl (C=O) groups is 2. The zero-order valence-corrected chi connectivity index (χ0v) is 15.5. The third kappa shape index (κ3) is 4.83. The first-order chi connectivity index (χ1) is 13.0. The van der Waals surface area contributed by atoms with E-state index in [4.69, 9.17) is 4.74 Å². The summed E-state index contributed by atoms with van der Waals surface area (Å²) in [6.07, 6.45) is 4.61. The standard InChI is InChI=1S/C20H26F2N2O3/c1-27-17-9-8-13(20(26)23-14-5-3-6-14)10-16(17)24-18(25)11-12-4-2-7-15(21)19(12)22/h2,4,7,13-14,16-17H,3,5-6,8-11H2,1H3,(H,23,26)(H,24,25)/t13-,16+,17+/m0/s1. The van der Waals surface area contributed by atoms with Gasteiger partial charge in [0.25, 0.3) is 0 Å². The summed E-state index contributed by atoms with van der Waals surface area (Å²) in [7, 11) is 1.57. The van der Waals surface area contributed by atoms with Crippen molar-refractivity contribution in [1.29, 1.82) is 0 Å². The Morgan fingerprint density at radius 1 is 1.15 bits per heavy atom. The molecule has 2 saturated carbocycles. The number of ether oxygens (including phenoxy) is 1. The number of halogens is 2. The lowest BCUT2D eigenvalue weighted by Crippen LogP contribution is -2.52. The topological polar surface area (TPSA) is 67.4 Å². The fourth-order valence-electron chi connectivity index (χ4n) is 3.80. The van der Waals surface area contributed by atoms with Crippen molar-refractivity contribution < 1.29 is 23.1 Å². The Bertz CT molecular complexity index is 694. The lowest BCUT2D eigenvalue weighted by molar-refractivity contribution is -0.130. The quantitative estimate of drug-likeness (QED) is 0.797. The third-order valence-electron chi connectivity index (χ3n) is 5.64. The molecule has 0 bridgehead atoms. The minimum absolute atomic E-state index is 0.0107. The van der Waals surface area contributed by atoms with Gasteiger partial charge in [-0.25, -0.2) is 8.78 Å². The van der Waals surface area contributed by atoms with Crippen LogP contribution in [0, 0.1) is 17.6 Å². The van der Waals surface area contributed by atoms with Crippen LogP contribution in [0.1, 0.15) is 44.1 Å². The molecular weight excluding hydrogens is 354 g/mol. The second-order valence-corrected chi connectivity index (χ2v) is 7.48. The number of rotatable bonds is 6. The van der Waals surface area contributed by atoms with Crippen LogP contribution in [-0.4, -0.2) is 37.1 Å². The first-order valence-corrected chi connectivity index (χ1v) is 9.53. The predicted octanol–water partition coefficient (Wildman–Crippen LogP) is 2.48. The molecule has 2 aliphatic carbocycles. The number of amides is 2. The van der Waals surface area contributed by atoms with Crippen LogP contribution in [0.4, 0.5) is 8.78 Å². The second-order valence-electron chi connectivity index (χ2n) is 7.48. The summed E-state index contributed by atoms with van der Waals surface area (Å²) in [4.78, 5) is 24.8. The SMILES string of the molecule is CO[C@@H]1CC[C@H](C(=O)NC2CCC2)C[C@H]1NC(=O)Cc1cccc(F)c1F. The highest BCUT2D eigenvalue weighted by molar-refractivity contribution is 5.80. The van der Waals surface area contributed by atoms with Crippen LogP contribution in [0.5, 0.6) is 0 Å². The Morgan fingerprint density at radius 3 is 2.59 bits per heavy atom. The van der Waals surface area contributed by atoms with Gasteiger partial charge in [-0.1, -0.05) is 12.1 Å². The van der Waals surface area contributed by atoms with E-state index >= 15 is 0 Å². The van der Waals surface area contributed by atoms with Gasteiger partial charge in [-0.15, -0.1) is 0 Å². The molecule has 3 rings (SSSR count). The lowest BCUT2D eigenvalue weighted by Gasteiger charge is -2.36. The molecule has 2 N–H and O–H groups in total. The van der Waals surface area contributed by atoms with E-state index in [1.165, 1.54) is 12.1 Å². The molecule has 0 spiro atoms. The Morgan fingerprint density at radius 2 is 1.93 bits per heavy atom. The van der Waals surface area contributed by atoms with Crippen molar-refractivity contribution in [2.24, 2.45) is 5.92 Å². The summed E-state index contributed by atoms with van der Waals surface area (Å²) in [6.45, 7) is 0. The van der Waals surface area contributed by atoms with Gasteiger partial charge in [0.2, 0.25) is 11.8 Å². The molecule has 5 nitrogen and oxygen atoms in total. The molecule has 0 saturated heterocycles. The van der Waals surface area contributed by atoms with E-state index in [0.717, 1.165) is 25.3 Å². The first-order valence-electron chi connectivity index (χ1n) is 9.53. The van der Waals surface area contributed by atoms with Gasteiger partial charge in [0.05, 0.1) is 18.6 Å². The Balaban J connectivity index is 1.59. The van der Waals surface area contributed by atoms with Gasteiger partial charge < -0.3 is 15.4 Å². The van der Waals surface area contributed by atoms with Gasteiger partial charge in [-0.3, -0.25) is 9.59 Å². The predicted molar refractivity (Wildman–Crippen MR) is 95.9 cm³/mol. The van der Waals surface area contributed by atoms with Crippen LogP contribution < -0.4 is 10.6 Å². The molecule has 2 aliphatic rings. The molecule has 148 valence electrons. The number of nitrogens with one attached hydrogen (secondary N) is 2. The van der Waals surface area contributed by atoms with Crippen LogP contribution in [0.15, 0.2) is 18.2 Å². The summed E-state index contributed by atoms with van der Waals surface area (Å²) in [6, 6.07) is 3.73. The smallest absolute Gasteiger partial charge is 0.224 e. The largest absolute Gasteiger partial charge is 0.379 e. The number of hydrogen-bond acceptors (Lipinski definition) is 3. The fraction of sp³-hybridized carbons (Fsp3) is 0.600. The summed E-state index contributed by atoms with van der Waals surface area (Å²) in [5.74, 6) is -2.53. The van der Waals surface area contributed by atoms with Crippen LogP contribution >= 0.6 is 0 Å². The number of methoxy groups -OCH3 is 1. The maximum absolute atomic E-state index is 13.8. The van der Waals surface area contributed by atoms with Crippen molar-refractivity contribution in [1.82, 2.24) is 10.6 Å². The average molecular weight is 380 g/mol. The zero-order chi connectivity index (χ0) is 19.4. The zero-order valence-electron chi connectivity index (χ0n) is 15.5. The molecule has 0 radical (unpaired) electrons. The van der Waals surface area contributed by atoms with Gasteiger partial charge >= 0.3 is 0 Å². The normalized spacial score (nSPS) is 25.5. The van der Waals surface area contributed by atoms with E-state index < -0.39 is 17.5 Å². The van der Waals surface area contributed by atoms with Gasteiger partial charge in [-0.05, 0) is 44.6 Å². The summed E-state index contributed by atoms with van der Waals surface area (Å²) >= 11 is 0. The van der Waals surface area contributed by atoms with E-state index in [1.54, 1.807) is 7.11 Å². The van der Waals surface area contributed by atoms with Crippen LogP contribution in [0.3, 0.4) is 0 Å². The maximum atomic E-state index is 13.8. The molecule has 0 heterocycles. The molecule has 0 aromatic heterocycles.